The SMILES string of the molecule is O=C(O)C[C@@H](NC(=O)c1cccc(Cl)c1)C(=O)N[C@@H]1C[C@H]2CC[C@@H](C1)N2Cc1ccc(Cl)cc1. The number of nitrogens with one attached hydrogen (secondary N) is 2. The van der Waals surface area contributed by atoms with E-state index >= 15 is 0 Å². The third-order valence-corrected chi connectivity index (χ3v) is 7.08. The zero-order chi connectivity index (χ0) is 24.2. The summed E-state index contributed by atoms with van der Waals surface area (Å²) in [6.07, 6.45) is 3.21. The average Bonchev–Trinajstić information content (AvgIpc) is 3.01. The third-order valence-electron chi connectivity index (χ3n) is 6.60. The van der Waals surface area contributed by atoms with Gasteiger partial charge >= 0.3 is 5.97 Å². The molecule has 2 amide bonds. The van der Waals surface area contributed by atoms with E-state index < -0.39 is 30.2 Å². The Bertz CT molecular complexity index is 1050. The summed E-state index contributed by atoms with van der Waals surface area (Å²) in [6.45, 7) is 0.838. The Morgan fingerprint density at radius 3 is 2.29 bits per heavy atom. The van der Waals surface area contributed by atoms with Gasteiger partial charge in [0.1, 0.15) is 6.04 Å². The van der Waals surface area contributed by atoms with Crippen LogP contribution in [0.25, 0.3) is 0 Å². The van der Waals surface area contributed by atoms with Crippen molar-refractivity contribution in [2.75, 3.05) is 0 Å². The summed E-state index contributed by atoms with van der Waals surface area (Å²) in [7, 11) is 0. The summed E-state index contributed by atoms with van der Waals surface area (Å²) < 4.78 is 0. The zero-order valence-corrected chi connectivity index (χ0v) is 20.1. The molecule has 4 atom stereocenters. The molecule has 0 aromatic heterocycles. The lowest BCUT2D eigenvalue weighted by atomic mass is 9.96. The fourth-order valence-electron chi connectivity index (χ4n) is 5.01. The maximum absolute atomic E-state index is 13.0. The van der Waals surface area contributed by atoms with Crippen molar-refractivity contribution in [1.29, 1.82) is 0 Å². The fourth-order valence-corrected chi connectivity index (χ4v) is 5.32. The molecular weight excluding hydrogens is 477 g/mol. The summed E-state index contributed by atoms with van der Waals surface area (Å²) >= 11 is 11.9. The van der Waals surface area contributed by atoms with E-state index in [1.165, 1.54) is 11.6 Å². The second kappa shape index (κ2) is 10.8. The first-order valence-corrected chi connectivity index (χ1v) is 12.1. The van der Waals surface area contributed by atoms with Crippen LogP contribution in [0.2, 0.25) is 10.0 Å². The van der Waals surface area contributed by atoms with Gasteiger partial charge in [0.15, 0.2) is 0 Å². The Morgan fingerprint density at radius 1 is 1.00 bits per heavy atom. The van der Waals surface area contributed by atoms with Gasteiger partial charge in [-0.3, -0.25) is 19.3 Å². The van der Waals surface area contributed by atoms with Crippen molar-refractivity contribution in [3.05, 3.63) is 69.7 Å². The number of carbonyl (C=O) groups excluding carboxylic acids is 2. The molecule has 2 aromatic rings. The lowest BCUT2D eigenvalue weighted by Gasteiger charge is -2.39. The molecule has 0 saturated carbocycles. The molecular formula is C25H27Cl2N3O4. The Morgan fingerprint density at radius 2 is 1.68 bits per heavy atom. The Labute approximate surface area is 208 Å². The smallest absolute Gasteiger partial charge is 0.305 e. The van der Waals surface area contributed by atoms with Crippen LogP contribution in [0.4, 0.5) is 0 Å². The van der Waals surface area contributed by atoms with Crippen molar-refractivity contribution in [3.8, 4) is 0 Å². The van der Waals surface area contributed by atoms with E-state index in [9.17, 15) is 19.5 Å². The number of aliphatic carboxylic acids is 1. The molecule has 0 aliphatic carbocycles. The maximum Gasteiger partial charge on any atom is 0.305 e. The highest BCUT2D eigenvalue weighted by Crippen LogP contribution is 2.37. The maximum atomic E-state index is 13.0. The van der Waals surface area contributed by atoms with Crippen molar-refractivity contribution in [1.82, 2.24) is 15.5 Å². The molecule has 7 nitrogen and oxygen atoms in total. The third kappa shape index (κ3) is 6.09. The second-order valence-electron chi connectivity index (χ2n) is 8.99. The van der Waals surface area contributed by atoms with E-state index in [4.69, 9.17) is 23.2 Å². The van der Waals surface area contributed by atoms with Crippen LogP contribution < -0.4 is 10.6 Å². The van der Waals surface area contributed by atoms with Crippen LogP contribution in [-0.2, 0) is 16.1 Å². The molecule has 2 aromatic carbocycles. The number of nitrogens with zero attached hydrogens (tertiary/aromatic N) is 1. The highest BCUT2D eigenvalue weighted by Gasteiger charge is 2.41. The predicted octanol–water partition coefficient (Wildman–Crippen LogP) is 3.88. The number of piperidine rings is 1. The highest BCUT2D eigenvalue weighted by molar-refractivity contribution is 6.31. The minimum atomic E-state index is -1.17. The molecule has 2 fully saturated rings. The quantitative estimate of drug-likeness (QED) is 0.507. The van der Waals surface area contributed by atoms with Gasteiger partial charge in [0.2, 0.25) is 5.91 Å². The first-order valence-electron chi connectivity index (χ1n) is 11.4. The minimum absolute atomic E-state index is 0.0640. The van der Waals surface area contributed by atoms with E-state index in [0.29, 0.717) is 22.1 Å². The first-order chi connectivity index (χ1) is 16.3. The first kappa shape index (κ1) is 24.5. The number of hydrogen-bond donors (Lipinski definition) is 3. The lowest BCUT2D eigenvalue weighted by Crippen LogP contribution is -2.54. The zero-order valence-electron chi connectivity index (χ0n) is 18.5. The Kier molecular flexibility index (Phi) is 7.76. The van der Waals surface area contributed by atoms with E-state index in [0.717, 1.165) is 32.2 Å². The molecule has 2 aliphatic rings. The molecule has 3 N–H and O–H groups in total. The van der Waals surface area contributed by atoms with Crippen LogP contribution in [0.5, 0.6) is 0 Å². The number of benzene rings is 2. The van der Waals surface area contributed by atoms with Gasteiger partial charge in [-0.1, -0.05) is 41.4 Å². The summed E-state index contributed by atoms with van der Waals surface area (Å²) in [5.74, 6) is -2.18. The molecule has 2 heterocycles. The van der Waals surface area contributed by atoms with Crippen molar-refractivity contribution in [3.63, 3.8) is 0 Å². The van der Waals surface area contributed by atoms with Gasteiger partial charge in [-0.25, -0.2) is 0 Å². The molecule has 2 bridgehead atoms. The Balaban J connectivity index is 1.37. The topological polar surface area (TPSA) is 98.7 Å². The summed E-state index contributed by atoms with van der Waals surface area (Å²) in [5, 5.41) is 15.9. The van der Waals surface area contributed by atoms with Gasteiger partial charge in [0, 0.05) is 40.3 Å². The van der Waals surface area contributed by atoms with Gasteiger partial charge in [-0.2, -0.15) is 0 Å². The van der Waals surface area contributed by atoms with Crippen molar-refractivity contribution in [2.45, 2.75) is 62.8 Å². The highest BCUT2D eigenvalue weighted by atomic mass is 35.5. The fraction of sp³-hybridized carbons (Fsp3) is 0.400. The molecule has 2 saturated heterocycles. The molecule has 34 heavy (non-hydrogen) atoms. The number of fused-ring (bicyclic) bond motifs is 2. The molecule has 4 rings (SSSR count). The summed E-state index contributed by atoms with van der Waals surface area (Å²) in [4.78, 5) is 39.4. The van der Waals surface area contributed by atoms with Crippen LogP contribution in [-0.4, -0.2) is 52.0 Å². The van der Waals surface area contributed by atoms with Crippen LogP contribution in [0.3, 0.4) is 0 Å². The largest absolute Gasteiger partial charge is 0.481 e. The molecule has 9 heteroatoms. The van der Waals surface area contributed by atoms with Crippen molar-refractivity contribution >= 4 is 41.0 Å². The molecule has 180 valence electrons. The number of carboxylic acids is 1. The standard InChI is InChI=1S/C25H27Cl2N3O4/c26-17-6-4-15(5-7-17)14-30-20-8-9-21(30)12-19(11-20)28-25(34)22(13-23(31)32)29-24(33)16-2-1-3-18(27)10-16/h1-7,10,19-22H,8-9,11-14H2,(H,28,34)(H,29,33)(H,31,32)/t19-,20-,21+,22-/m1/s1. The molecule has 0 radical (unpaired) electrons. The van der Waals surface area contributed by atoms with Crippen LogP contribution >= 0.6 is 23.2 Å². The van der Waals surface area contributed by atoms with Gasteiger partial charge in [-0.15, -0.1) is 0 Å². The van der Waals surface area contributed by atoms with Crippen LogP contribution in [0, 0.1) is 0 Å². The van der Waals surface area contributed by atoms with Crippen LogP contribution in [0.1, 0.15) is 48.0 Å². The van der Waals surface area contributed by atoms with E-state index in [2.05, 4.69) is 15.5 Å². The number of halogens is 2. The number of carbonyl (C=O) groups is 3. The van der Waals surface area contributed by atoms with Crippen molar-refractivity contribution < 1.29 is 19.5 Å². The van der Waals surface area contributed by atoms with Crippen LogP contribution in [0.15, 0.2) is 48.5 Å². The number of amides is 2. The van der Waals surface area contributed by atoms with Gasteiger partial charge in [0.25, 0.3) is 5.91 Å². The van der Waals surface area contributed by atoms with Crippen molar-refractivity contribution in [2.24, 2.45) is 0 Å². The van der Waals surface area contributed by atoms with Gasteiger partial charge in [-0.05, 0) is 61.6 Å². The second-order valence-corrected chi connectivity index (χ2v) is 9.87. The van der Waals surface area contributed by atoms with E-state index in [1.807, 2.05) is 24.3 Å². The van der Waals surface area contributed by atoms with Gasteiger partial charge < -0.3 is 15.7 Å². The summed E-state index contributed by atoms with van der Waals surface area (Å²) in [6, 6.07) is 13.6. The molecule has 0 spiro atoms. The molecule has 0 unspecified atom stereocenters. The monoisotopic (exact) mass is 503 g/mol. The van der Waals surface area contributed by atoms with E-state index in [1.54, 1.807) is 18.2 Å². The summed E-state index contributed by atoms with van der Waals surface area (Å²) in [5.41, 5.74) is 1.47. The normalized spacial score (nSPS) is 22.7. The lowest BCUT2D eigenvalue weighted by molar-refractivity contribution is -0.140. The number of hydrogen-bond acceptors (Lipinski definition) is 4. The average molecular weight is 504 g/mol. The Hall–Kier alpha value is -2.61. The minimum Gasteiger partial charge on any atom is -0.481 e. The number of carboxylic acid groups (broad SMARTS) is 1. The van der Waals surface area contributed by atoms with E-state index in [-0.39, 0.29) is 11.6 Å². The number of rotatable bonds is 8. The van der Waals surface area contributed by atoms with Gasteiger partial charge in [0.05, 0.1) is 6.42 Å². The predicted molar refractivity (Wildman–Crippen MR) is 130 cm³/mol. The molecule has 2 aliphatic heterocycles.